The van der Waals surface area contributed by atoms with E-state index < -0.39 is 0 Å². The van der Waals surface area contributed by atoms with Crippen LogP contribution in [0.2, 0.25) is 0 Å². The number of ether oxygens (including phenoxy) is 1. The molecule has 86 valence electrons. The van der Waals surface area contributed by atoms with Crippen molar-refractivity contribution in [1.29, 1.82) is 0 Å². The Labute approximate surface area is 96.8 Å². The quantitative estimate of drug-likeness (QED) is 0.653. The number of nitrogens with one attached hydrogen (secondary N) is 1. The van der Waals surface area contributed by atoms with Gasteiger partial charge < -0.3 is 15.2 Å². The molecule has 6 heteroatoms. The number of morpholine rings is 1. The predicted octanol–water partition coefficient (Wildman–Crippen LogP) is -0.505. The topological polar surface area (TPSA) is 44.7 Å². The van der Waals surface area contributed by atoms with Crippen LogP contribution in [0.1, 0.15) is 0 Å². The Bertz CT molecular complexity index is 156. The van der Waals surface area contributed by atoms with Crippen molar-refractivity contribution in [2.24, 2.45) is 0 Å². The summed E-state index contributed by atoms with van der Waals surface area (Å²) in [5, 5.41) is 12.8. The Kier molecular flexibility index (Phi) is 7.03. The highest BCUT2D eigenvalue weighted by Gasteiger charge is 2.30. The highest BCUT2D eigenvalue weighted by Crippen LogP contribution is 2.10. The average Bonchev–Trinajstić information content (AvgIpc) is 2.53. The molecule has 4 nitrogen and oxygen atoms in total. The Hall–Kier alpha value is 0.420. The Morgan fingerprint density at radius 1 is 1.14 bits per heavy atom. The first kappa shape index (κ1) is 14.4. The van der Waals surface area contributed by atoms with Crippen molar-refractivity contribution in [3.8, 4) is 0 Å². The van der Waals surface area contributed by atoms with Gasteiger partial charge in [0.2, 0.25) is 0 Å². The fourth-order valence-corrected chi connectivity index (χ4v) is 1.93. The van der Waals surface area contributed by atoms with E-state index in [4.69, 9.17) is 4.74 Å². The number of hydrogen-bond acceptors (Lipinski definition) is 4. The maximum atomic E-state index is 9.60. The molecule has 2 aliphatic heterocycles. The van der Waals surface area contributed by atoms with Crippen molar-refractivity contribution in [3.05, 3.63) is 0 Å². The van der Waals surface area contributed by atoms with Crippen LogP contribution in [0.4, 0.5) is 0 Å². The van der Waals surface area contributed by atoms with Gasteiger partial charge in [0.05, 0.1) is 19.3 Å². The molecule has 0 spiro atoms. The number of aliphatic hydroxyl groups is 1. The van der Waals surface area contributed by atoms with Crippen molar-refractivity contribution < 1.29 is 9.84 Å². The Morgan fingerprint density at radius 2 is 1.79 bits per heavy atom. The number of rotatable bonds is 1. The van der Waals surface area contributed by atoms with E-state index in [-0.39, 0.29) is 30.9 Å². The smallest absolute Gasteiger partial charge is 0.0831 e. The largest absolute Gasteiger partial charge is 0.390 e. The minimum atomic E-state index is -0.192. The van der Waals surface area contributed by atoms with Crippen LogP contribution in [0.25, 0.3) is 0 Å². The van der Waals surface area contributed by atoms with Gasteiger partial charge in [0.15, 0.2) is 0 Å². The summed E-state index contributed by atoms with van der Waals surface area (Å²) in [5.41, 5.74) is 0. The second-order valence-electron chi connectivity index (χ2n) is 3.44. The standard InChI is InChI=1S/C8H16N2O2.2ClH/c11-8-6-9-5-7(8)10-1-3-12-4-2-10;;/h7-9,11H,1-6H2;2*1H/t7-,8-;;/m1../s1. The van der Waals surface area contributed by atoms with Gasteiger partial charge in [0.1, 0.15) is 0 Å². The summed E-state index contributed by atoms with van der Waals surface area (Å²) in [6, 6.07) is 0.314. The van der Waals surface area contributed by atoms with Gasteiger partial charge in [-0.05, 0) is 0 Å². The van der Waals surface area contributed by atoms with Crippen molar-refractivity contribution in [2.75, 3.05) is 39.4 Å². The third-order valence-corrected chi connectivity index (χ3v) is 2.67. The lowest BCUT2D eigenvalue weighted by molar-refractivity contribution is -0.00592. The molecule has 0 radical (unpaired) electrons. The molecule has 2 heterocycles. The van der Waals surface area contributed by atoms with Gasteiger partial charge in [0, 0.05) is 32.2 Å². The van der Waals surface area contributed by atoms with E-state index in [2.05, 4.69) is 10.2 Å². The fraction of sp³-hybridized carbons (Fsp3) is 1.00. The molecule has 0 unspecified atom stereocenters. The molecule has 0 aromatic heterocycles. The summed E-state index contributed by atoms with van der Waals surface area (Å²) < 4.78 is 5.25. The van der Waals surface area contributed by atoms with Crippen molar-refractivity contribution in [2.45, 2.75) is 12.1 Å². The summed E-state index contributed by atoms with van der Waals surface area (Å²) in [6.45, 7) is 5.20. The van der Waals surface area contributed by atoms with Crippen LogP contribution in [0.3, 0.4) is 0 Å². The summed E-state index contributed by atoms with van der Waals surface area (Å²) in [6.07, 6.45) is -0.192. The molecule has 0 bridgehead atoms. The predicted molar refractivity (Wildman–Crippen MR) is 59.6 cm³/mol. The third kappa shape index (κ3) is 3.22. The van der Waals surface area contributed by atoms with Gasteiger partial charge in [0.25, 0.3) is 0 Å². The van der Waals surface area contributed by atoms with E-state index in [1.54, 1.807) is 0 Å². The van der Waals surface area contributed by atoms with E-state index in [1.807, 2.05) is 0 Å². The van der Waals surface area contributed by atoms with Gasteiger partial charge in [-0.3, -0.25) is 4.90 Å². The van der Waals surface area contributed by atoms with Crippen LogP contribution < -0.4 is 5.32 Å². The molecule has 0 aromatic rings. The molecule has 2 saturated heterocycles. The Balaban J connectivity index is 0.000000845. The van der Waals surface area contributed by atoms with E-state index in [9.17, 15) is 5.11 Å². The summed E-state index contributed by atoms with van der Waals surface area (Å²) in [7, 11) is 0. The highest BCUT2D eigenvalue weighted by atomic mass is 35.5. The minimum absolute atomic E-state index is 0. The maximum absolute atomic E-state index is 9.60. The van der Waals surface area contributed by atoms with Crippen LogP contribution >= 0.6 is 24.8 Å². The van der Waals surface area contributed by atoms with Crippen LogP contribution in [0.5, 0.6) is 0 Å². The number of hydrogen-bond donors (Lipinski definition) is 2. The molecule has 14 heavy (non-hydrogen) atoms. The molecule has 2 N–H and O–H groups in total. The first-order valence-corrected chi connectivity index (χ1v) is 4.58. The van der Waals surface area contributed by atoms with Gasteiger partial charge >= 0.3 is 0 Å². The minimum Gasteiger partial charge on any atom is -0.390 e. The molecule has 2 atom stereocenters. The monoisotopic (exact) mass is 244 g/mol. The zero-order valence-electron chi connectivity index (χ0n) is 8.02. The average molecular weight is 245 g/mol. The van der Waals surface area contributed by atoms with Crippen LogP contribution in [-0.4, -0.2) is 61.5 Å². The van der Waals surface area contributed by atoms with Crippen LogP contribution in [0, 0.1) is 0 Å². The first-order valence-electron chi connectivity index (χ1n) is 4.58. The van der Waals surface area contributed by atoms with E-state index in [0.29, 0.717) is 6.04 Å². The van der Waals surface area contributed by atoms with Crippen LogP contribution in [0.15, 0.2) is 0 Å². The van der Waals surface area contributed by atoms with E-state index in [0.717, 1.165) is 39.4 Å². The lowest BCUT2D eigenvalue weighted by Crippen LogP contribution is -2.48. The van der Waals surface area contributed by atoms with Gasteiger partial charge in [-0.2, -0.15) is 0 Å². The second kappa shape index (κ2) is 6.82. The van der Waals surface area contributed by atoms with Crippen molar-refractivity contribution in [3.63, 3.8) is 0 Å². The Morgan fingerprint density at radius 3 is 2.29 bits per heavy atom. The molecule has 0 saturated carbocycles. The number of halogens is 2. The molecule has 2 rings (SSSR count). The van der Waals surface area contributed by atoms with Gasteiger partial charge in [-0.25, -0.2) is 0 Å². The lowest BCUT2D eigenvalue weighted by Gasteiger charge is -2.33. The molecule has 2 fully saturated rings. The zero-order chi connectivity index (χ0) is 8.39. The summed E-state index contributed by atoms with van der Waals surface area (Å²) >= 11 is 0. The molecule has 0 amide bonds. The second-order valence-corrected chi connectivity index (χ2v) is 3.44. The van der Waals surface area contributed by atoms with Crippen LogP contribution in [-0.2, 0) is 4.74 Å². The summed E-state index contributed by atoms with van der Waals surface area (Å²) in [4.78, 5) is 2.31. The molecular formula is C8H18Cl2N2O2. The van der Waals surface area contributed by atoms with Gasteiger partial charge in [-0.1, -0.05) is 0 Å². The third-order valence-electron chi connectivity index (χ3n) is 2.67. The van der Waals surface area contributed by atoms with Crippen molar-refractivity contribution >= 4 is 24.8 Å². The summed E-state index contributed by atoms with van der Waals surface area (Å²) in [5.74, 6) is 0. The normalized spacial score (nSPS) is 33.2. The van der Waals surface area contributed by atoms with E-state index >= 15 is 0 Å². The molecular weight excluding hydrogens is 227 g/mol. The molecule has 2 aliphatic rings. The molecule has 0 aliphatic carbocycles. The number of nitrogens with zero attached hydrogens (tertiary/aromatic N) is 1. The fourth-order valence-electron chi connectivity index (χ4n) is 1.93. The number of aliphatic hydroxyl groups excluding tert-OH is 1. The highest BCUT2D eigenvalue weighted by molar-refractivity contribution is 5.85. The first-order chi connectivity index (χ1) is 5.88. The maximum Gasteiger partial charge on any atom is 0.0831 e. The zero-order valence-corrected chi connectivity index (χ0v) is 9.65. The lowest BCUT2D eigenvalue weighted by atomic mass is 10.2. The van der Waals surface area contributed by atoms with Gasteiger partial charge in [-0.15, -0.1) is 24.8 Å². The van der Waals surface area contributed by atoms with Crippen molar-refractivity contribution in [1.82, 2.24) is 10.2 Å². The molecule has 0 aromatic carbocycles. The SMILES string of the molecule is Cl.Cl.O[C@@H]1CNC[C@H]1N1CCOCC1. The van der Waals surface area contributed by atoms with E-state index in [1.165, 1.54) is 0 Å². The number of β-amino-alcohol motifs (C(OH)–C–C–N with tert-alkyl or cyclic N) is 1.